The third kappa shape index (κ3) is 3.80. The van der Waals surface area contributed by atoms with Crippen LogP contribution in [0.4, 0.5) is 11.6 Å². The first-order valence-corrected chi connectivity index (χ1v) is 10.9. The fourth-order valence-corrected chi connectivity index (χ4v) is 4.00. The summed E-state index contributed by atoms with van der Waals surface area (Å²) in [7, 11) is 0. The van der Waals surface area contributed by atoms with Gasteiger partial charge in [0.25, 0.3) is 5.91 Å². The molecule has 0 saturated heterocycles. The lowest BCUT2D eigenvalue weighted by Gasteiger charge is -2.28. The molecule has 1 atom stereocenters. The number of hydrogen-bond acceptors (Lipinski definition) is 5. The van der Waals surface area contributed by atoms with Gasteiger partial charge in [0.05, 0.1) is 5.57 Å². The minimum atomic E-state index is -0.472. The maximum absolute atomic E-state index is 13.4. The number of para-hydroxylation sites is 1. The molecule has 1 aliphatic heterocycles. The van der Waals surface area contributed by atoms with Crippen molar-refractivity contribution in [3.05, 3.63) is 100 Å². The van der Waals surface area contributed by atoms with Crippen LogP contribution in [0.3, 0.4) is 0 Å². The summed E-state index contributed by atoms with van der Waals surface area (Å²) in [4.78, 5) is 22.4. The van der Waals surface area contributed by atoms with E-state index >= 15 is 0 Å². The number of carbonyl (C=O) groups is 1. The van der Waals surface area contributed by atoms with Gasteiger partial charge in [-0.25, -0.2) is 4.68 Å². The van der Waals surface area contributed by atoms with Crippen molar-refractivity contribution in [2.45, 2.75) is 13.0 Å². The Hall–Kier alpha value is -3.78. The first kappa shape index (κ1) is 20.1. The van der Waals surface area contributed by atoms with Gasteiger partial charge in [-0.15, -0.1) is 5.10 Å². The highest BCUT2D eigenvalue weighted by molar-refractivity contribution is 9.10. The zero-order chi connectivity index (χ0) is 22.1. The summed E-state index contributed by atoms with van der Waals surface area (Å²) in [6, 6.07) is 20.5. The molecule has 32 heavy (non-hydrogen) atoms. The van der Waals surface area contributed by atoms with Crippen molar-refractivity contribution in [3.63, 3.8) is 0 Å². The molecule has 0 spiro atoms. The van der Waals surface area contributed by atoms with Crippen molar-refractivity contribution in [1.29, 1.82) is 0 Å². The Morgan fingerprint density at radius 2 is 1.84 bits per heavy atom. The maximum Gasteiger partial charge on any atom is 0.255 e. The van der Waals surface area contributed by atoms with Crippen molar-refractivity contribution in [1.82, 2.24) is 19.7 Å². The maximum atomic E-state index is 13.4. The smallest absolute Gasteiger partial charge is 0.255 e. The van der Waals surface area contributed by atoms with E-state index < -0.39 is 6.04 Å². The number of pyridine rings is 1. The Bertz CT molecular complexity index is 1300. The number of aromatic nitrogens is 4. The number of nitrogens with one attached hydrogen (secondary N) is 2. The summed E-state index contributed by atoms with van der Waals surface area (Å²) in [6.07, 6.45) is 3.46. The van der Waals surface area contributed by atoms with Crippen LogP contribution in [-0.4, -0.2) is 25.7 Å². The number of allylic oxidation sites excluding steroid dienone is 1. The summed E-state index contributed by atoms with van der Waals surface area (Å²) >= 11 is 3.46. The van der Waals surface area contributed by atoms with Gasteiger partial charge in [0.15, 0.2) is 5.82 Å². The lowest BCUT2D eigenvalue weighted by atomic mass is 9.96. The number of rotatable bonds is 4. The summed E-state index contributed by atoms with van der Waals surface area (Å²) in [5.74, 6) is 0.943. The van der Waals surface area contributed by atoms with Crippen LogP contribution in [0.2, 0.25) is 0 Å². The molecule has 8 heteroatoms. The minimum absolute atomic E-state index is 0.207. The van der Waals surface area contributed by atoms with Crippen LogP contribution in [0.15, 0.2) is 94.9 Å². The predicted octanol–water partition coefficient (Wildman–Crippen LogP) is 5.03. The van der Waals surface area contributed by atoms with Gasteiger partial charge in [-0.05, 0) is 42.8 Å². The van der Waals surface area contributed by atoms with Gasteiger partial charge in [-0.3, -0.25) is 9.78 Å². The number of benzene rings is 2. The van der Waals surface area contributed by atoms with E-state index in [2.05, 4.69) is 31.5 Å². The van der Waals surface area contributed by atoms with Gasteiger partial charge < -0.3 is 10.6 Å². The molecular formula is C24H19BrN6O. The molecule has 0 radical (unpaired) electrons. The number of anilines is 2. The van der Waals surface area contributed by atoms with E-state index in [-0.39, 0.29) is 5.91 Å². The van der Waals surface area contributed by atoms with Crippen LogP contribution < -0.4 is 10.6 Å². The number of nitrogens with zero attached hydrogens (tertiary/aromatic N) is 4. The molecule has 0 unspecified atom stereocenters. The molecule has 0 saturated carbocycles. The molecular weight excluding hydrogens is 468 g/mol. The highest BCUT2D eigenvalue weighted by Gasteiger charge is 2.34. The van der Waals surface area contributed by atoms with Gasteiger partial charge in [0, 0.05) is 33.8 Å². The van der Waals surface area contributed by atoms with E-state index in [1.807, 2.05) is 73.7 Å². The average molecular weight is 487 g/mol. The van der Waals surface area contributed by atoms with Crippen LogP contribution in [0, 0.1) is 0 Å². The number of fused-ring (bicyclic) bond motifs is 1. The quantitative estimate of drug-likeness (QED) is 0.422. The fourth-order valence-electron chi connectivity index (χ4n) is 3.73. The summed E-state index contributed by atoms with van der Waals surface area (Å²) in [5, 5.41) is 11.0. The van der Waals surface area contributed by atoms with Gasteiger partial charge in [0.2, 0.25) is 5.95 Å². The minimum Gasteiger partial charge on any atom is -0.328 e. The fraction of sp³-hybridized carbons (Fsp3) is 0.0833. The third-order valence-corrected chi connectivity index (χ3v) is 5.76. The Balaban J connectivity index is 1.59. The van der Waals surface area contributed by atoms with Crippen LogP contribution in [0.1, 0.15) is 18.5 Å². The Labute approximate surface area is 193 Å². The molecule has 3 heterocycles. The molecule has 2 aromatic carbocycles. The Morgan fingerprint density at radius 1 is 1.06 bits per heavy atom. The highest BCUT2D eigenvalue weighted by Crippen LogP contribution is 2.36. The molecule has 4 aromatic rings. The number of carbonyl (C=O) groups excluding carboxylic acids is 1. The van der Waals surface area contributed by atoms with E-state index in [1.165, 1.54) is 0 Å². The molecule has 7 nitrogen and oxygen atoms in total. The van der Waals surface area contributed by atoms with Crippen molar-refractivity contribution >= 4 is 33.5 Å². The lowest BCUT2D eigenvalue weighted by Crippen LogP contribution is -2.31. The zero-order valence-corrected chi connectivity index (χ0v) is 18.7. The van der Waals surface area contributed by atoms with Gasteiger partial charge in [-0.2, -0.15) is 4.98 Å². The Kier molecular flexibility index (Phi) is 5.28. The first-order chi connectivity index (χ1) is 15.6. The molecule has 158 valence electrons. The zero-order valence-electron chi connectivity index (χ0n) is 17.2. The third-order valence-electron chi connectivity index (χ3n) is 5.23. The lowest BCUT2D eigenvalue weighted by molar-refractivity contribution is -0.113. The molecule has 0 aliphatic carbocycles. The van der Waals surface area contributed by atoms with Crippen molar-refractivity contribution in [2.75, 3.05) is 10.6 Å². The second-order valence-corrected chi connectivity index (χ2v) is 8.30. The Morgan fingerprint density at radius 3 is 2.56 bits per heavy atom. The molecule has 5 rings (SSSR count). The van der Waals surface area contributed by atoms with E-state index in [4.69, 9.17) is 10.1 Å². The van der Waals surface area contributed by atoms with Crippen LogP contribution in [0.5, 0.6) is 0 Å². The predicted molar refractivity (Wildman–Crippen MR) is 127 cm³/mol. The topological polar surface area (TPSA) is 84.7 Å². The normalized spacial score (nSPS) is 15.1. The average Bonchev–Trinajstić information content (AvgIpc) is 3.23. The van der Waals surface area contributed by atoms with E-state index in [0.29, 0.717) is 17.3 Å². The summed E-state index contributed by atoms with van der Waals surface area (Å²) in [5.41, 5.74) is 3.73. The summed E-state index contributed by atoms with van der Waals surface area (Å²) < 4.78 is 2.73. The largest absolute Gasteiger partial charge is 0.328 e. The van der Waals surface area contributed by atoms with Crippen LogP contribution >= 0.6 is 15.9 Å². The van der Waals surface area contributed by atoms with Crippen molar-refractivity contribution < 1.29 is 4.79 Å². The molecule has 2 aromatic heterocycles. The standard InChI is InChI=1S/C24H19BrN6O/c1-15-20(23(32)28-19-7-3-2-4-8-19)21(17-6-5-13-26-14-17)31-24(27-15)29-22(30-31)16-9-11-18(25)12-10-16/h2-14,21H,1H3,(H,28,32)(H,27,29,30)/t21-/m1/s1. The number of halogens is 1. The second kappa shape index (κ2) is 8.39. The SMILES string of the molecule is CC1=C(C(=O)Nc2ccccc2)[C@@H](c2cccnc2)n2nc(-c3ccc(Br)cc3)nc2N1. The monoisotopic (exact) mass is 486 g/mol. The molecule has 2 N–H and O–H groups in total. The van der Waals surface area contributed by atoms with Gasteiger partial charge in [-0.1, -0.05) is 52.3 Å². The second-order valence-electron chi connectivity index (χ2n) is 7.38. The molecule has 0 bridgehead atoms. The number of hydrogen-bond donors (Lipinski definition) is 2. The molecule has 0 fully saturated rings. The van der Waals surface area contributed by atoms with Gasteiger partial charge in [0.1, 0.15) is 6.04 Å². The first-order valence-electron chi connectivity index (χ1n) is 10.1. The van der Waals surface area contributed by atoms with E-state index in [1.54, 1.807) is 17.1 Å². The van der Waals surface area contributed by atoms with Crippen molar-refractivity contribution in [2.24, 2.45) is 0 Å². The highest BCUT2D eigenvalue weighted by atomic mass is 79.9. The molecule has 1 amide bonds. The van der Waals surface area contributed by atoms with E-state index in [9.17, 15) is 4.79 Å². The number of amides is 1. The van der Waals surface area contributed by atoms with Crippen LogP contribution in [-0.2, 0) is 4.79 Å². The van der Waals surface area contributed by atoms with Crippen LogP contribution in [0.25, 0.3) is 11.4 Å². The van der Waals surface area contributed by atoms with Gasteiger partial charge >= 0.3 is 0 Å². The summed E-state index contributed by atoms with van der Waals surface area (Å²) in [6.45, 7) is 1.88. The van der Waals surface area contributed by atoms with E-state index in [0.717, 1.165) is 27.0 Å². The molecule has 1 aliphatic rings. The van der Waals surface area contributed by atoms with Crippen molar-refractivity contribution in [3.8, 4) is 11.4 Å².